The number of fused-ring (bicyclic) bond motifs is 1. The van der Waals surface area contributed by atoms with Crippen LogP contribution in [0.2, 0.25) is 0 Å². The zero-order valence-corrected chi connectivity index (χ0v) is 17.9. The minimum atomic E-state index is 0.0819. The van der Waals surface area contributed by atoms with E-state index in [9.17, 15) is 4.79 Å². The first kappa shape index (κ1) is 20.4. The molecule has 156 valence electrons. The predicted molar refractivity (Wildman–Crippen MR) is 123 cm³/mol. The van der Waals surface area contributed by atoms with Crippen molar-refractivity contribution in [2.75, 3.05) is 44.2 Å². The van der Waals surface area contributed by atoms with Gasteiger partial charge >= 0.3 is 0 Å². The number of anilines is 1. The van der Waals surface area contributed by atoms with Crippen molar-refractivity contribution in [3.8, 4) is 0 Å². The van der Waals surface area contributed by atoms with Crippen molar-refractivity contribution in [3.05, 3.63) is 71.9 Å². The summed E-state index contributed by atoms with van der Waals surface area (Å²) >= 11 is 0. The van der Waals surface area contributed by atoms with Crippen molar-refractivity contribution in [1.82, 2.24) is 14.8 Å². The lowest BCUT2D eigenvalue weighted by molar-refractivity contribution is 0.0628. The average molecular weight is 403 g/mol. The van der Waals surface area contributed by atoms with E-state index in [1.54, 1.807) is 6.20 Å². The Morgan fingerprint density at radius 3 is 2.37 bits per heavy atom. The summed E-state index contributed by atoms with van der Waals surface area (Å²) in [6, 6.07) is 18.9. The smallest absolute Gasteiger partial charge is 0.255 e. The lowest BCUT2D eigenvalue weighted by Crippen LogP contribution is -2.48. The third-order valence-electron chi connectivity index (χ3n) is 6.02. The fourth-order valence-electron chi connectivity index (χ4n) is 4.21. The maximum atomic E-state index is 12.9. The largest absolute Gasteiger partial charge is 0.357 e. The van der Waals surface area contributed by atoms with Gasteiger partial charge in [-0.3, -0.25) is 9.69 Å². The molecule has 3 aromatic rings. The van der Waals surface area contributed by atoms with Gasteiger partial charge in [0, 0.05) is 52.0 Å². The molecule has 4 rings (SSSR count). The Bertz CT molecular complexity index is 984. The van der Waals surface area contributed by atoms with E-state index in [0.717, 1.165) is 51.6 Å². The lowest BCUT2D eigenvalue weighted by atomic mass is 10.0. The molecule has 1 fully saturated rings. The summed E-state index contributed by atoms with van der Waals surface area (Å²) in [5.41, 5.74) is 2.03. The van der Waals surface area contributed by atoms with E-state index >= 15 is 0 Å². The molecule has 2 heterocycles. The van der Waals surface area contributed by atoms with Crippen LogP contribution in [-0.4, -0.2) is 60.0 Å². The Hall–Kier alpha value is -2.92. The first-order valence-corrected chi connectivity index (χ1v) is 10.9. The molecule has 0 radical (unpaired) electrons. The summed E-state index contributed by atoms with van der Waals surface area (Å²) in [5.74, 6) is 1.01. The first-order chi connectivity index (χ1) is 14.7. The molecule has 1 amide bonds. The van der Waals surface area contributed by atoms with E-state index in [1.807, 2.05) is 17.0 Å². The number of nitrogens with zero attached hydrogens (tertiary/aromatic N) is 4. The van der Waals surface area contributed by atoms with Crippen LogP contribution in [0.25, 0.3) is 10.8 Å². The molecular formula is C25H30N4O. The molecule has 0 spiro atoms. The Morgan fingerprint density at radius 1 is 0.933 bits per heavy atom. The number of hydrogen-bond donors (Lipinski definition) is 0. The molecule has 1 aliphatic heterocycles. The molecule has 30 heavy (non-hydrogen) atoms. The number of piperazine rings is 1. The highest BCUT2D eigenvalue weighted by molar-refractivity contribution is 5.94. The van der Waals surface area contributed by atoms with Crippen molar-refractivity contribution >= 4 is 22.5 Å². The number of carbonyl (C=O) groups excluding carboxylic acids is 1. The third-order valence-corrected chi connectivity index (χ3v) is 6.02. The fraction of sp³-hybridized carbons (Fsp3) is 0.360. The maximum Gasteiger partial charge on any atom is 0.255 e. The van der Waals surface area contributed by atoms with Crippen LogP contribution in [0.3, 0.4) is 0 Å². The summed E-state index contributed by atoms with van der Waals surface area (Å²) in [5, 5.41) is 2.60. The van der Waals surface area contributed by atoms with Gasteiger partial charge in [0.25, 0.3) is 5.91 Å². The Morgan fingerprint density at radius 2 is 1.67 bits per heavy atom. The molecule has 2 aromatic carbocycles. The number of hydrogen-bond acceptors (Lipinski definition) is 4. The second kappa shape index (κ2) is 9.26. The molecule has 0 atom stereocenters. The zero-order valence-electron chi connectivity index (χ0n) is 17.9. The van der Waals surface area contributed by atoms with Crippen LogP contribution in [0.1, 0.15) is 29.8 Å². The standard InChI is InChI=1S/C25H30N4O/c1-3-28(4-2)24-13-12-21(18-26-24)25(30)29-16-14-27(15-17-29)19-22-10-7-9-20-8-5-6-11-23(20)22/h5-13,18H,3-4,14-17,19H2,1-2H3. The van der Waals surface area contributed by atoms with E-state index in [2.05, 4.69) is 71.1 Å². The van der Waals surface area contributed by atoms with Gasteiger partial charge in [0.15, 0.2) is 0 Å². The number of rotatable bonds is 6. The summed E-state index contributed by atoms with van der Waals surface area (Å²) < 4.78 is 0. The van der Waals surface area contributed by atoms with E-state index in [-0.39, 0.29) is 5.91 Å². The van der Waals surface area contributed by atoms with Crippen molar-refractivity contribution in [2.45, 2.75) is 20.4 Å². The number of carbonyl (C=O) groups is 1. The molecule has 5 heteroatoms. The number of pyridine rings is 1. The van der Waals surface area contributed by atoms with E-state index in [0.29, 0.717) is 5.56 Å². The Kier molecular flexibility index (Phi) is 6.29. The van der Waals surface area contributed by atoms with E-state index < -0.39 is 0 Å². The van der Waals surface area contributed by atoms with Crippen LogP contribution in [0.4, 0.5) is 5.82 Å². The quantitative estimate of drug-likeness (QED) is 0.624. The molecule has 0 saturated carbocycles. The molecule has 1 saturated heterocycles. The first-order valence-electron chi connectivity index (χ1n) is 10.9. The van der Waals surface area contributed by atoms with Gasteiger partial charge in [-0.25, -0.2) is 4.98 Å². The summed E-state index contributed by atoms with van der Waals surface area (Å²) in [4.78, 5) is 24.0. The number of amides is 1. The van der Waals surface area contributed by atoms with Gasteiger partial charge in [-0.15, -0.1) is 0 Å². The molecule has 0 unspecified atom stereocenters. The predicted octanol–water partition coefficient (Wildman–Crippen LogP) is 4.04. The summed E-state index contributed by atoms with van der Waals surface area (Å²) in [6.45, 7) is 10.3. The van der Waals surface area contributed by atoms with Crippen LogP contribution in [0.5, 0.6) is 0 Å². The zero-order chi connectivity index (χ0) is 20.9. The molecule has 1 aliphatic rings. The highest BCUT2D eigenvalue weighted by atomic mass is 16.2. The third kappa shape index (κ3) is 4.31. The number of aromatic nitrogens is 1. The van der Waals surface area contributed by atoms with Gasteiger partial charge in [0.1, 0.15) is 5.82 Å². The second-order valence-corrected chi connectivity index (χ2v) is 7.78. The van der Waals surface area contributed by atoms with Crippen molar-refractivity contribution in [2.24, 2.45) is 0 Å². The van der Waals surface area contributed by atoms with Gasteiger partial charge in [-0.2, -0.15) is 0 Å². The van der Waals surface area contributed by atoms with Crippen LogP contribution in [0.15, 0.2) is 60.8 Å². The summed E-state index contributed by atoms with van der Waals surface area (Å²) in [7, 11) is 0. The second-order valence-electron chi connectivity index (χ2n) is 7.78. The van der Waals surface area contributed by atoms with Crippen molar-refractivity contribution < 1.29 is 4.79 Å². The van der Waals surface area contributed by atoms with Crippen molar-refractivity contribution in [1.29, 1.82) is 0 Å². The highest BCUT2D eigenvalue weighted by Crippen LogP contribution is 2.21. The Balaban J connectivity index is 1.36. The van der Waals surface area contributed by atoms with Gasteiger partial charge in [0.05, 0.1) is 5.56 Å². The molecule has 1 aromatic heterocycles. The molecular weight excluding hydrogens is 372 g/mol. The van der Waals surface area contributed by atoms with Crippen LogP contribution >= 0.6 is 0 Å². The lowest BCUT2D eigenvalue weighted by Gasteiger charge is -2.35. The molecule has 0 bridgehead atoms. The van der Waals surface area contributed by atoms with Gasteiger partial charge < -0.3 is 9.80 Å². The minimum Gasteiger partial charge on any atom is -0.357 e. The Labute approximate surface area is 178 Å². The highest BCUT2D eigenvalue weighted by Gasteiger charge is 2.23. The normalized spacial score (nSPS) is 14.8. The SMILES string of the molecule is CCN(CC)c1ccc(C(=O)N2CCN(Cc3cccc4ccccc34)CC2)cn1. The van der Waals surface area contributed by atoms with Crippen molar-refractivity contribution in [3.63, 3.8) is 0 Å². The molecule has 0 N–H and O–H groups in total. The maximum absolute atomic E-state index is 12.9. The molecule has 0 aliphatic carbocycles. The summed E-state index contributed by atoms with van der Waals surface area (Å²) in [6.07, 6.45) is 1.72. The van der Waals surface area contributed by atoms with Gasteiger partial charge in [-0.1, -0.05) is 42.5 Å². The van der Waals surface area contributed by atoms with Crippen LogP contribution in [-0.2, 0) is 6.54 Å². The van der Waals surface area contributed by atoms with Gasteiger partial charge in [-0.05, 0) is 42.3 Å². The minimum absolute atomic E-state index is 0.0819. The topological polar surface area (TPSA) is 39.7 Å². The fourth-order valence-corrected chi connectivity index (χ4v) is 4.21. The van der Waals surface area contributed by atoms with Crippen LogP contribution in [0, 0.1) is 0 Å². The average Bonchev–Trinajstić information content (AvgIpc) is 2.81. The van der Waals surface area contributed by atoms with E-state index in [1.165, 1.54) is 16.3 Å². The monoisotopic (exact) mass is 402 g/mol. The molecule has 5 nitrogen and oxygen atoms in total. The van der Waals surface area contributed by atoms with E-state index in [4.69, 9.17) is 0 Å². The number of benzene rings is 2. The van der Waals surface area contributed by atoms with Crippen LogP contribution < -0.4 is 4.90 Å². The van der Waals surface area contributed by atoms with Gasteiger partial charge in [0.2, 0.25) is 0 Å².